The zero-order valence-corrected chi connectivity index (χ0v) is 23.8. The number of rotatable bonds is 3. The maximum atomic E-state index is 10.2. The van der Waals surface area contributed by atoms with Gasteiger partial charge in [-0.3, -0.25) is 0 Å². The molecule has 0 amide bonds. The predicted molar refractivity (Wildman–Crippen MR) is 162 cm³/mol. The average molecular weight is 526 g/mol. The third kappa shape index (κ3) is 4.05. The lowest BCUT2D eigenvalue weighted by Crippen LogP contribution is -2.30. The molecular weight excluding hydrogens is 488 g/mol. The Hall–Kier alpha value is -3.90. The molecule has 3 nitrogen and oxygen atoms in total. The van der Waals surface area contributed by atoms with Crippen molar-refractivity contribution in [2.75, 3.05) is 0 Å². The Balaban J connectivity index is 1.36. The minimum Gasteiger partial charge on any atom is -0.454 e. The molecule has 0 radical (unpaired) electrons. The summed E-state index contributed by atoms with van der Waals surface area (Å²) >= 11 is 0. The Morgan fingerprint density at radius 2 is 1.57 bits per heavy atom. The zero-order chi connectivity index (χ0) is 27.4. The maximum absolute atomic E-state index is 10.2. The van der Waals surface area contributed by atoms with Crippen LogP contribution in [0.4, 0.5) is 0 Å². The lowest BCUT2D eigenvalue weighted by molar-refractivity contribution is -0.660. The molecule has 2 fully saturated rings. The maximum Gasteiger partial charge on any atom is 0.216 e. The fraction of sp³-hybridized carbons (Fsp3) is 0.351. The molecule has 0 aliphatic heterocycles. The molecule has 40 heavy (non-hydrogen) atoms. The molecule has 3 atom stereocenters. The van der Waals surface area contributed by atoms with Crippen molar-refractivity contribution in [1.29, 1.82) is 5.26 Å². The SMILES string of the molecule is Cc1cc(-c2c(C#N)ccc3c2oc2c(-c4cccc[n+]4C)c(C)ccc23)ccc1C1CCC2CCCCC2C1. The van der Waals surface area contributed by atoms with Crippen LogP contribution in [0.25, 0.3) is 44.3 Å². The van der Waals surface area contributed by atoms with E-state index in [0.29, 0.717) is 11.5 Å². The van der Waals surface area contributed by atoms with Crippen LogP contribution in [0.3, 0.4) is 0 Å². The van der Waals surface area contributed by atoms with Crippen LogP contribution in [0, 0.1) is 37.0 Å². The summed E-state index contributed by atoms with van der Waals surface area (Å²) < 4.78 is 8.92. The standard InChI is InChI=1S/C37H37N2O/c1-23-11-16-31-32-18-15-29(22-38)35(37(32)40-36(31)34(23)33-10-6-7-19-39(33)3)28-14-17-30(24(2)20-28)27-13-12-25-8-4-5-9-26(25)21-27/h6-7,10-11,14-20,25-27H,4-5,8-9,12-13,21H2,1-3H3/q+1. The van der Waals surface area contributed by atoms with Gasteiger partial charge in [0.15, 0.2) is 6.20 Å². The van der Waals surface area contributed by atoms with Crippen LogP contribution in [0.1, 0.15) is 73.1 Å². The molecule has 2 aliphatic rings. The number of nitriles is 1. The van der Waals surface area contributed by atoms with E-state index in [0.717, 1.165) is 56.2 Å². The monoisotopic (exact) mass is 525 g/mol. The molecule has 0 spiro atoms. The van der Waals surface area contributed by atoms with Crippen molar-refractivity contribution in [3.63, 3.8) is 0 Å². The number of hydrogen-bond acceptors (Lipinski definition) is 2. The average Bonchev–Trinajstić information content (AvgIpc) is 3.35. The van der Waals surface area contributed by atoms with Crippen LogP contribution in [-0.2, 0) is 7.05 Å². The molecule has 2 saturated carbocycles. The van der Waals surface area contributed by atoms with E-state index in [9.17, 15) is 5.26 Å². The van der Waals surface area contributed by atoms with Crippen molar-refractivity contribution >= 4 is 21.9 Å². The van der Waals surface area contributed by atoms with E-state index in [1.807, 2.05) is 12.1 Å². The van der Waals surface area contributed by atoms with Gasteiger partial charge in [-0.25, -0.2) is 4.57 Å². The van der Waals surface area contributed by atoms with E-state index in [-0.39, 0.29) is 0 Å². The van der Waals surface area contributed by atoms with E-state index < -0.39 is 0 Å². The number of furan rings is 1. The third-order valence-electron chi connectivity index (χ3n) is 9.99. The summed E-state index contributed by atoms with van der Waals surface area (Å²) in [6, 6.07) is 24.0. The van der Waals surface area contributed by atoms with Crippen LogP contribution in [0.15, 0.2) is 71.3 Å². The quantitative estimate of drug-likeness (QED) is 0.220. The largest absolute Gasteiger partial charge is 0.454 e. The van der Waals surface area contributed by atoms with Gasteiger partial charge in [-0.1, -0.05) is 56.0 Å². The second-order valence-electron chi connectivity index (χ2n) is 12.3. The van der Waals surface area contributed by atoms with Gasteiger partial charge in [0.25, 0.3) is 0 Å². The summed E-state index contributed by atoms with van der Waals surface area (Å²) in [7, 11) is 2.07. The highest BCUT2D eigenvalue weighted by atomic mass is 16.3. The molecule has 2 aliphatic carbocycles. The number of aryl methyl sites for hydroxylation is 3. The minimum atomic E-state index is 0.656. The molecular formula is C37H37N2O+. The topological polar surface area (TPSA) is 40.8 Å². The number of benzene rings is 3. The highest BCUT2D eigenvalue weighted by Crippen LogP contribution is 2.47. The van der Waals surface area contributed by atoms with Crippen molar-refractivity contribution in [2.45, 2.75) is 64.7 Å². The normalized spacial score (nSPS) is 20.9. The number of hydrogen-bond donors (Lipinski definition) is 0. The van der Waals surface area contributed by atoms with E-state index in [2.05, 4.69) is 86.3 Å². The minimum absolute atomic E-state index is 0.656. The van der Waals surface area contributed by atoms with Gasteiger partial charge < -0.3 is 4.42 Å². The third-order valence-corrected chi connectivity index (χ3v) is 9.99. The smallest absolute Gasteiger partial charge is 0.216 e. The van der Waals surface area contributed by atoms with Crippen molar-refractivity contribution in [3.8, 4) is 28.5 Å². The predicted octanol–water partition coefficient (Wildman–Crippen LogP) is 9.31. The molecule has 2 heterocycles. The molecule has 3 heteroatoms. The molecule has 3 aromatic carbocycles. The van der Waals surface area contributed by atoms with E-state index in [4.69, 9.17) is 4.42 Å². The molecule has 0 N–H and O–H groups in total. The van der Waals surface area contributed by atoms with Gasteiger partial charge in [-0.05, 0) is 91.3 Å². The van der Waals surface area contributed by atoms with Crippen molar-refractivity contribution in [2.24, 2.45) is 18.9 Å². The second kappa shape index (κ2) is 9.93. The fourth-order valence-corrected chi connectivity index (χ4v) is 7.93. The second-order valence-corrected chi connectivity index (χ2v) is 12.3. The molecule has 5 aromatic rings. The van der Waals surface area contributed by atoms with E-state index in [1.54, 1.807) is 0 Å². The number of fused-ring (bicyclic) bond motifs is 4. The summed E-state index contributed by atoms with van der Waals surface area (Å²) in [6.07, 6.45) is 11.8. The van der Waals surface area contributed by atoms with Gasteiger partial charge in [0.2, 0.25) is 5.69 Å². The molecule has 200 valence electrons. The molecule has 3 unspecified atom stereocenters. The van der Waals surface area contributed by atoms with Crippen LogP contribution in [-0.4, -0.2) is 0 Å². The lowest BCUT2D eigenvalue weighted by Gasteiger charge is -2.40. The van der Waals surface area contributed by atoms with Crippen molar-refractivity contribution in [1.82, 2.24) is 0 Å². The Labute approximate surface area is 237 Å². The Bertz CT molecular complexity index is 1800. The first-order valence-electron chi connectivity index (χ1n) is 15.0. The van der Waals surface area contributed by atoms with Crippen molar-refractivity contribution in [3.05, 3.63) is 89.1 Å². The van der Waals surface area contributed by atoms with Crippen LogP contribution < -0.4 is 4.57 Å². The molecule has 0 bridgehead atoms. The summed E-state index contributed by atoms with van der Waals surface area (Å²) in [5.74, 6) is 2.52. The van der Waals surface area contributed by atoms with Gasteiger partial charge in [0, 0.05) is 28.5 Å². The van der Waals surface area contributed by atoms with Crippen molar-refractivity contribution < 1.29 is 8.98 Å². The first-order valence-corrected chi connectivity index (χ1v) is 15.0. The summed E-state index contributed by atoms with van der Waals surface area (Å²) in [5.41, 5.74) is 10.5. The van der Waals surface area contributed by atoms with E-state index >= 15 is 0 Å². The number of nitrogens with zero attached hydrogens (tertiary/aromatic N) is 2. The number of pyridine rings is 1. The van der Waals surface area contributed by atoms with Gasteiger partial charge in [0.1, 0.15) is 18.2 Å². The van der Waals surface area contributed by atoms with E-state index in [1.165, 1.54) is 61.6 Å². The summed E-state index contributed by atoms with van der Waals surface area (Å²) in [6.45, 7) is 4.40. The highest BCUT2D eigenvalue weighted by Gasteiger charge is 2.33. The van der Waals surface area contributed by atoms with Crippen LogP contribution in [0.2, 0.25) is 0 Å². The Kier molecular flexibility index (Phi) is 6.23. The molecule has 7 rings (SSSR count). The zero-order valence-electron chi connectivity index (χ0n) is 23.8. The van der Waals surface area contributed by atoms with Crippen LogP contribution in [0.5, 0.6) is 0 Å². The van der Waals surface area contributed by atoms with Crippen LogP contribution >= 0.6 is 0 Å². The summed E-state index contributed by atoms with van der Waals surface area (Å²) in [5, 5.41) is 12.3. The molecule has 0 saturated heterocycles. The Morgan fingerprint density at radius 3 is 2.35 bits per heavy atom. The first kappa shape index (κ1) is 25.1. The Morgan fingerprint density at radius 1 is 0.800 bits per heavy atom. The van der Waals surface area contributed by atoms with Gasteiger partial charge >= 0.3 is 0 Å². The van der Waals surface area contributed by atoms with Gasteiger partial charge in [-0.15, -0.1) is 0 Å². The molecule has 2 aromatic heterocycles. The lowest BCUT2D eigenvalue weighted by atomic mass is 9.66. The van der Waals surface area contributed by atoms with Gasteiger partial charge in [-0.2, -0.15) is 5.26 Å². The fourth-order valence-electron chi connectivity index (χ4n) is 7.93. The first-order chi connectivity index (χ1) is 19.5. The summed E-state index contributed by atoms with van der Waals surface area (Å²) in [4.78, 5) is 0. The number of aromatic nitrogens is 1. The van der Waals surface area contributed by atoms with Gasteiger partial charge in [0.05, 0.1) is 17.2 Å². The highest BCUT2D eigenvalue weighted by molar-refractivity contribution is 6.14.